The number of hydrogen-bond donors (Lipinski definition) is 1. The molecule has 3 aromatic heterocycles. The zero-order chi connectivity index (χ0) is 22.0. The maximum atomic E-state index is 12.0. The lowest BCUT2D eigenvalue weighted by atomic mass is 10.2. The normalized spacial score (nSPS) is 11.5. The number of aryl methyl sites for hydroxylation is 1. The lowest BCUT2D eigenvalue weighted by Gasteiger charge is -2.19. The molecular formula is C20H22N8O3. The fourth-order valence-corrected chi connectivity index (χ4v) is 2.88. The maximum Gasteiger partial charge on any atom is 0.413 e. The van der Waals surface area contributed by atoms with Gasteiger partial charge < -0.3 is 9.47 Å². The topological polar surface area (TPSA) is 122 Å². The van der Waals surface area contributed by atoms with Crippen molar-refractivity contribution >= 4 is 22.9 Å². The van der Waals surface area contributed by atoms with Crippen LogP contribution >= 0.6 is 0 Å². The van der Waals surface area contributed by atoms with Gasteiger partial charge in [-0.1, -0.05) is 23.3 Å². The Balaban J connectivity index is 1.55. The van der Waals surface area contributed by atoms with Crippen LogP contribution in [0, 0.1) is 0 Å². The summed E-state index contributed by atoms with van der Waals surface area (Å²) in [4.78, 5) is 20.9. The molecule has 0 saturated heterocycles. The summed E-state index contributed by atoms with van der Waals surface area (Å²) < 4.78 is 14.5. The van der Waals surface area contributed by atoms with E-state index in [0.717, 1.165) is 11.0 Å². The number of anilines is 1. The second kappa shape index (κ2) is 8.01. The van der Waals surface area contributed by atoms with Crippen molar-refractivity contribution in [1.29, 1.82) is 0 Å². The second-order valence-corrected chi connectivity index (χ2v) is 7.75. The van der Waals surface area contributed by atoms with E-state index >= 15 is 0 Å². The van der Waals surface area contributed by atoms with Crippen molar-refractivity contribution in [3.8, 4) is 12.0 Å². The first kappa shape index (κ1) is 20.3. The van der Waals surface area contributed by atoms with Gasteiger partial charge in [0.2, 0.25) is 0 Å². The van der Waals surface area contributed by atoms with E-state index < -0.39 is 11.7 Å². The molecule has 0 spiro atoms. The van der Waals surface area contributed by atoms with Crippen molar-refractivity contribution in [2.45, 2.75) is 33.0 Å². The highest BCUT2D eigenvalue weighted by Crippen LogP contribution is 2.25. The summed E-state index contributed by atoms with van der Waals surface area (Å²) in [7, 11) is 1.74. The van der Waals surface area contributed by atoms with Crippen molar-refractivity contribution in [2.75, 3.05) is 5.32 Å². The summed E-state index contributed by atoms with van der Waals surface area (Å²) in [5.41, 5.74) is 1.55. The molecule has 0 aliphatic carbocycles. The fourth-order valence-electron chi connectivity index (χ4n) is 2.88. The minimum atomic E-state index is -0.599. The number of imidazole rings is 1. The Morgan fingerprint density at radius 2 is 1.90 bits per heavy atom. The number of nitrogens with one attached hydrogen (secondary N) is 1. The molecule has 0 aliphatic rings. The van der Waals surface area contributed by atoms with Gasteiger partial charge in [0.15, 0.2) is 0 Å². The number of benzene rings is 1. The average Bonchev–Trinajstić information content (AvgIpc) is 3.27. The molecule has 0 unspecified atom stereocenters. The number of fused-ring (bicyclic) bond motifs is 1. The minimum Gasteiger partial charge on any atom is -0.458 e. The lowest BCUT2D eigenvalue weighted by molar-refractivity contribution is 0.0635. The standard InChI is InChI=1S/C20H22N8O3/c1-20(2,3)31-19(29)23-16-11-7-8-13(21-16)12-30-18-22-14-9-5-6-10-15(14)28(18)17-24-25-26-27(17)4/h5-11H,12H2,1-4H3,(H,21,23,29). The SMILES string of the molecule is Cn1nnnc1-n1c(OCc2cccc(NC(=O)OC(C)(C)C)n2)nc2ccccc21. The van der Waals surface area contributed by atoms with Crippen LogP contribution in [0.4, 0.5) is 10.6 Å². The Kier molecular flexibility index (Phi) is 5.24. The molecule has 0 saturated carbocycles. The van der Waals surface area contributed by atoms with Gasteiger partial charge in [0.1, 0.15) is 18.0 Å². The third-order valence-corrected chi connectivity index (χ3v) is 4.11. The van der Waals surface area contributed by atoms with E-state index in [1.807, 2.05) is 24.3 Å². The van der Waals surface area contributed by atoms with Crippen molar-refractivity contribution < 1.29 is 14.3 Å². The van der Waals surface area contributed by atoms with Crippen LogP contribution in [0.15, 0.2) is 42.5 Å². The number of carbonyl (C=O) groups excluding carboxylic acids is 1. The zero-order valence-electron chi connectivity index (χ0n) is 17.6. The van der Waals surface area contributed by atoms with Gasteiger partial charge >= 0.3 is 12.1 Å². The Morgan fingerprint density at radius 3 is 2.65 bits per heavy atom. The van der Waals surface area contributed by atoms with Crippen LogP contribution in [0.3, 0.4) is 0 Å². The predicted octanol–water partition coefficient (Wildman–Crippen LogP) is 2.87. The monoisotopic (exact) mass is 422 g/mol. The van der Waals surface area contributed by atoms with Crippen LogP contribution in [0.5, 0.6) is 6.01 Å². The average molecular weight is 422 g/mol. The van der Waals surface area contributed by atoms with Crippen LogP contribution in [-0.4, -0.2) is 46.4 Å². The van der Waals surface area contributed by atoms with Crippen LogP contribution in [0.2, 0.25) is 0 Å². The zero-order valence-corrected chi connectivity index (χ0v) is 17.6. The molecule has 160 valence electrons. The van der Waals surface area contributed by atoms with Crippen LogP contribution in [0.1, 0.15) is 26.5 Å². The van der Waals surface area contributed by atoms with E-state index in [0.29, 0.717) is 23.5 Å². The number of aromatic nitrogens is 7. The number of para-hydroxylation sites is 2. The number of amides is 1. The summed E-state index contributed by atoms with van der Waals surface area (Å²) in [5, 5.41) is 14.3. The largest absolute Gasteiger partial charge is 0.458 e. The Bertz CT molecular complexity index is 1220. The number of pyridine rings is 1. The van der Waals surface area contributed by atoms with Gasteiger partial charge in [-0.05, 0) is 55.5 Å². The smallest absolute Gasteiger partial charge is 0.413 e. The Labute approximate surface area is 178 Å². The number of carbonyl (C=O) groups is 1. The summed E-state index contributed by atoms with van der Waals surface area (Å²) >= 11 is 0. The predicted molar refractivity (Wildman–Crippen MR) is 112 cm³/mol. The van der Waals surface area contributed by atoms with Gasteiger partial charge in [-0.3, -0.25) is 5.32 Å². The number of rotatable bonds is 5. The number of hydrogen-bond acceptors (Lipinski definition) is 8. The summed E-state index contributed by atoms with van der Waals surface area (Å²) in [5.74, 6) is 0.832. The van der Waals surface area contributed by atoms with Gasteiger partial charge in [0.05, 0.1) is 16.7 Å². The van der Waals surface area contributed by atoms with Gasteiger partial charge in [-0.25, -0.2) is 19.0 Å². The third-order valence-electron chi connectivity index (χ3n) is 4.11. The summed E-state index contributed by atoms with van der Waals surface area (Å²) in [6, 6.07) is 13.2. The molecule has 4 rings (SSSR count). The summed E-state index contributed by atoms with van der Waals surface area (Å²) in [6.07, 6.45) is -0.574. The third kappa shape index (κ3) is 4.60. The lowest BCUT2D eigenvalue weighted by Crippen LogP contribution is -2.27. The first-order valence-corrected chi connectivity index (χ1v) is 9.59. The van der Waals surface area contributed by atoms with E-state index in [-0.39, 0.29) is 6.61 Å². The molecule has 4 aromatic rings. The first-order valence-electron chi connectivity index (χ1n) is 9.59. The first-order chi connectivity index (χ1) is 14.8. The molecule has 0 atom stereocenters. The van der Waals surface area contributed by atoms with Gasteiger partial charge in [-0.2, -0.15) is 4.98 Å². The Hall–Kier alpha value is -4.02. The number of nitrogens with zero attached hydrogens (tertiary/aromatic N) is 7. The molecule has 1 N–H and O–H groups in total. The molecule has 1 aromatic carbocycles. The molecule has 3 heterocycles. The Morgan fingerprint density at radius 1 is 1.10 bits per heavy atom. The second-order valence-electron chi connectivity index (χ2n) is 7.75. The molecule has 1 amide bonds. The molecule has 0 bridgehead atoms. The fraction of sp³-hybridized carbons (Fsp3) is 0.300. The molecule has 0 aliphatic heterocycles. The number of tetrazole rings is 1. The molecular weight excluding hydrogens is 400 g/mol. The van der Waals surface area contributed by atoms with Crippen LogP contribution in [0.25, 0.3) is 17.0 Å². The molecule has 11 heteroatoms. The van der Waals surface area contributed by atoms with E-state index in [2.05, 4.69) is 30.8 Å². The minimum absolute atomic E-state index is 0.123. The highest BCUT2D eigenvalue weighted by atomic mass is 16.6. The van der Waals surface area contributed by atoms with Crippen molar-refractivity contribution in [2.24, 2.45) is 7.05 Å². The van der Waals surface area contributed by atoms with Crippen molar-refractivity contribution in [3.63, 3.8) is 0 Å². The molecule has 0 fully saturated rings. The number of ether oxygens (including phenoxy) is 2. The molecule has 11 nitrogen and oxygen atoms in total. The highest BCUT2D eigenvalue weighted by molar-refractivity contribution is 5.83. The molecule has 31 heavy (non-hydrogen) atoms. The van der Waals surface area contributed by atoms with Crippen LogP contribution in [-0.2, 0) is 18.4 Å². The maximum absolute atomic E-state index is 12.0. The van der Waals surface area contributed by atoms with Crippen molar-refractivity contribution in [3.05, 3.63) is 48.2 Å². The van der Waals surface area contributed by atoms with Crippen LogP contribution < -0.4 is 10.1 Å². The summed E-state index contributed by atoms with van der Waals surface area (Å²) in [6.45, 7) is 5.51. The van der Waals surface area contributed by atoms with E-state index in [4.69, 9.17) is 9.47 Å². The quantitative estimate of drug-likeness (QED) is 0.521. The molecule has 0 radical (unpaired) electrons. The highest BCUT2D eigenvalue weighted by Gasteiger charge is 2.19. The van der Waals surface area contributed by atoms with Crippen molar-refractivity contribution in [1.82, 2.24) is 34.7 Å². The van der Waals surface area contributed by atoms with E-state index in [1.165, 1.54) is 4.68 Å². The van der Waals surface area contributed by atoms with E-state index in [9.17, 15) is 4.79 Å². The van der Waals surface area contributed by atoms with E-state index in [1.54, 1.807) is 50.6 Å². The van der Waals surface area contributed by atoms with Gasteiger partial charge in [0.25, 0.3) is 5.95 Å². The van der Waals surface area contributed by atoms with Gasteiger partial charge in [0, 0.05) is 7.05 Å². The van der Waals surface area contributed by atoms with Gasteiger partial charge in [-0.15, -0.1) is 0 Å².